The number of ketones is 1. The van der Waals surface area contributed by atoms with E-state index in [9.17, 15) is 4.79 Å². The van der Waals surface area contributed by atoms with Crippen molar-refractivity contribution in [3.63, 3.8) is 0 Å². The van der Waals surface area contributed by atoms with Crippen molar-refractivity contribution >= 4 is 17.4 Å². The molecule has 23 heavy (non-hydrogen) atoms. The first-order chi connectivity index (χ1) is 11.0. The Balaban J connectivity index is 2.04. The Hall–Kier alpha value is -2.32. The molecule has 0 saturated carbocycles. The summed E-state index contributed by atoms with van der Waals surface area (Å²) in [5, 5.41) is 0.475. The first-order valence-electron chi connectivity index (χ1n) is 7.54. The Labute approximate surface area is 141 Å². The van der Waals surface area contributed by atoms with Crippen LogP contribution in [-0.4, -0.2) is 10.4 Å². The first-order valence-corrected chi connectivity index (χ1v) is 7.92. The Kier molecular flexibility index (Phi) is 4.10. The Morgan fingerprint density at radius 1 is 0.870 bits per heavy atom. The van der Waals surface area contributed by atoms with Crippen LogP contribution in [0.3, 0.4) is 0 Å². The van der Waals surface area contributed by atoms with Gasteiger partial charge in [-0.15, -0.1) is 0 Å². The average molecular weight is 324 g/mol. The van der Waals surface area contributed by atoms with Gasteiger partial charge in [-0.25, -0.2) is 0 Å². The van der Waals surface area contributed by atoms with E-state index in [0.717, 1.165) is 22.6 Å². The minimum Gasteiger partial charge on any atom is -0.318 e. The number of aryl methyl sites for hydroxylation is 3. The van der Waals surface area contributed by atoms with Crippen molar-refractivity contribution in [2.45, 2.75) is 20.8 Å². The van der Waals surface area contributed by atoms with Crippen LogP contribution in [0.1, 0.15) is 32.9 Å². The van der Waals surface area contributed by atoms with Gasteiger partial charge in [0, 0.05) is 28.2 Å². The SMILES string of the molecule is Cc1ccccc1C(=O)c1ccc(-n2c(C)ccc2C)cc1Cl. The fraction of sp³-hybridized carbons (Fsp3) is 0.150. The topological polar surface area (TPSA) is 22.0 Å². The highest BCUT2D eigenvalue weighted by Crippen LogP contribution is 2.26. The summed E-state index contributed by atoms with van der Waals surface area (Å²) < 4.78 is 2.12. The van der Waals surface area contributed by atoms with Crippen LogP contribution in [-0.2, 0) is 0 Å². The molecule has 0 spiro atoms. The van der Waals surface area contributed by atoms with E-state index in [1.807, 2.05) is 63.2 Å². The molecule has 0 atom stereocenters. The minimum atomic E-state index is -0.0411. The Bertz CT molecular complexity index is 873. The highest BCUT2D eigenvalue weighted by atomic mass is 35.5. The van der Waals surface area contributed by atoms with E-state index >= 15 is 0 Å². The molecule has 116 valence electrons. The van der Waals surface area contributed by atoms with Crippen molar-refractivity contribution in [3.05, 3.63) is 87.7 Å². The molecule has 1 aromatic heterocycles. The zero-order valence-corrected chi connectivity index (χ0v) is 14.2. The largest absolute Gasteiger partial charge is 0.318 e. The van der Waals surface area contributed by atoms with Gasteiger partial charge in [0.1, 0.15) is 0 Å². The summed E-state index contributed by atoms with van der Waals surface area (Å²) in [6.07, 6.45) is 0. The number of rotatable bonds is 3. The monoisotopic (exact) mass is 323 g/mol. The molecule has 0 amide bonds. The van der Waals surface area contributed by atoms with Gasteiger partial charge in [0.2, 0.25) is 0 Å². The van der Waals surface area contributed by atoms with Crippen molar-refractivity contribution < 1.29 is 4.79 Å². The van der Waals surface area contributed by atoms with Gasteiger partial charge in [-0.2, -0.15) is 0 Å². The lowest BCUT2D eigenvalue weighted by molar-refractivity contribution is 0.103. The van der Waals surface area contributed by atoms with Crippen molar-refractivity contribution in [1.82, 2.24) is 4.57 Å². The predicted molar refractivity (Wildman–Crippen MR) is 94.9 cm³/mol. The number of aromatic nitrogens is 1. The van der Waals surface area contributed by atoms with Gasteiger partial charge in [0.15, 0.2) is 5.78 Å². The molecule has 2 nitrogen and oxygen atoms in total. The van der Waals surface area contributed by atoms with Crippen molar-refractivity contribution in [1.29, 1.82) is 0 Å². The molecule has 0 N–H and O–H groups in total. The van der Waals surface area contributed by atoms with Crippen LogP contribution in [0.4, 0.5) is 0 Å². The average Bonchev–Trinajstić information content (AvgIpc) is 2.86. The number of carbonyl (C=O) groups excluding carboxylic acids is 1. The Morgan fingerprint density at radius 2 is 1.52 bits per heavy atom. The summed E-state index contributed by atoms with van der Waals surface area (Å²) in [6.45, 7) is 6.03. The lowest BCUT2D eigenvalue weighted by Gasteiger charge is -2.12. The van der Waals surface area contributed by atoms with Gasteiger partial charge in [-0.3, -0.25) is 4.79 Å². The van der Waals surface area contributed by atoms with E-state index in [2.05, 4.69) is 16.7 Å². The molecule has 0 aliphatic rings. The van der Waals surface area contributed by atoms with Crippen LogP contribution in [0.15, 0.2) is 54.6 Å². The highest BCUT2D eigenvalue weighted by molar-refractivity contribution is 6.35. The molecule has 0 radical (unpaired) electrons. The van der Waals surface area contributed by atoms with E-state index in [1.54, 1.807) is 0 Å². The van der Waals surface area contributed by atoms with Crippen LogP contribution in [0.25, 0.3) is 5.69 Å². The molecule has 3 aromatic rings. The smallest absolute Gasteiger partial charge is 0.194 e. The molecule has 0 unspecified atom stereocenters. The number of hydrogen-bond acceptors (Lipinski definition) is 1. The second-order valence-corrected chi connectivity index (χ2v) is 6.17. The van der Waals surface area contributed by atoms with Gasteiger partial charge in [0.25, 0.3) is 0 Å². The standard InChI is InChI=1S/C20H18ClNO/c1-13-6-4-5-7-17(13)20(23)18-11-10-16(12-19(18)21)22-14(2)8-9-15(22)3/h4-12H,1-3H3. The maximum Gasteiger partial charge on any atom is 0.194 e. The third-order valence-electron chi connectivity index (χ3n) is 4.12. The summed E-state index contributed by atoms with van der Waals surface area (Å²) in [6, 6.07) is 17.3. The lowest BCUT2D eigenvalue weighted by Crippen LogP contribution is -2.06. The van der Waals surface area contributed by atoms with Gasteiger partial charge in [-0.1, -0.05) is 35.9 Å². The van der Waals surface area contributed by atoms with Crippen molar-refractivity contribution in [3.8, 4) is 5.69 Å². The molecule has 0 fully saturated rings. The van der Waals surface area contributed by atoms with Gasteiger partial charge < -0.3 is 4.57 Å². The van der Waals surface area contributed by atoms with Crippen LogP contribution < -0.4 is 0 Å². The molecule has 3 rings (SSSR count). The van der Waals surface area contributed by atoms with E-state index in [1.165, 1.54) is 0 Å². The second-order valence-electron chi connectivity index (χ2n) is 5.76. The van der Waals surface area contributed by atoms with E-state index < -0.39 is 0 Å². The molecule has 0 bridgehead atoms. The summed E-state index contributed by atoms with van der Waals surface area (Å²) in [5.74, 6) is -0.0411. The van der Waals surface area contributed by atoms with E-state index in [0.29, 0.717) is 16.1 Å². The molecule has 1 heterocycles. The first kappa shape index (κ1) is 15.6. The van der Waals surface area contributed by atoms with Crippen LogP contribution in [0.5, 0.6) is 0 Å². The van der Waals surface area contributed by atoms with E-state index in [-0.39, 0.29) is 5.78 Å². The quantitative estimate of drug-likeness (QED) is 0.600. The van der Waals surface area contributed by atoms with Crippen LogP contribution in [0, 0.1) is 20.8 Å². The highest BCUT2D eigenvalue weighted by Gasteiger charge is 2.16. The van der Waals surface area contributed by atoms with Gasteiger partial charge in [0.05, 0.1) is 5.02 Å². The molecular formula is C20H18ClNO. The molecule has 0 saturated heterocycles. The molecule has 0 aliphatic carbocycles. The molecular weight excluding hydrogens is 306 g/mol. The maximum absolute atomic E-state index is 12.7. The molecule has 0 aliphatic heterocycles. The molecule has 2 aromatic carbocycles. The Morgan fingerprint density at radius 3 is 2.13 bits per heavy atom. The second kappa shape index (κ2) is 6.05. The zero-order chi connectivity index (χ0) is 16.6. The third kappa shape index (κ3) is 2.82. The summed E-state index contributed by atoms with van der Waals surface area (Å²) in [5.41, 5.74) is 5.42. The van der Waals surface area contributed by atoms with Crippen molar-refractivity contribution in [2.24, 2.45) is 0 Å². The normalized spacial score (nSPS) is 10.8. The summed E-state index contributed by atoms with van der Waals surface area (Å²) in [7, 11) is 0. The fourth-order valence-corrected chi connectivity index (χ4v) is 3.14. The number of hydrogen-bond donors (Lipinski definition) is 0. The molecule has 3 heteroatoms. The number of halogens is 1. The fourth-order valence-electron chi connectivity index (χ4n) is 2.88. The summed E-state index contributed by atoms with van der Waals surface area (Å²) >= 11 is 6.41. The van der Waals surface area contributed by atoms with Crippen LogP contribution in [0.2, 0.25) is 5.02 Å². The maximum atomic E-state index is 12.7. The minimum absolute atomic E-state index is 0.0411. The van der Waals surface area contributed by atoms with Crippen LogP contribution >= 0.6 is 11.6 Å². The van der Waals surface area contributed by atoms with E-state index in [4.69, 9.17) is 11.6 Å². The predicted octanol–water partition coefficient (Wildman–Crippen LogP) is 5.29. The number of carbonyl (C=O) groups is 1. The van der Waals surface area contributed by atoms with Gasteiger partial charge >= 0.3 is 0 Å². The number of nitrogens with zero attached hydrogens (tertiary/aromatic N) is 1. The van der Waals surface area contributed by atoms with Crippen molar-refractivity contribution in [2.75, 3.05) is 0 Å². The third-order valence-corrected chi connectivity index (χ3v) is 4.43. The van der Waals surface area contributed by atoms with Gasteiger partial charge in [-0.05, 0) is 56.7 Å². The number of benzene rings is 2. The zero-order valence-electron chi connectivity index (χ0n) is 13.4. The summed E-state index contributed by atoms with van der Waals surface area (Å²) in [4.78, 5) is 12.7. The lowest BCUT2D eigenvalue weighted by atomic mass is 9.99.